The maximum Gasteiger partial charge on any atom is 0.137 e. The van der Waals surface area contributed by atoms with E-state index in [2.05, 4.69) is 203 Å². The molecule has 0 spiro atoms. The van der Waals surface area contributed by atoms with E-state index < -0.39 is 0 Å². The first-order valence-electron chi connectivity index (χ1n) is 20.5. The molecule has 0 N–H and O–H groups in total. The van der Waals surface area contributed by atoms with Gasteiger partial charge in [-0.15, -0.1) is 11.3 Å². The van der Waals surface area contributed by atoms with Crippen LogP contribution >= 0.6 is 11.3 Å². The Labute approximate surface area is 347 Å². The minimum atomic E-state index is 0.881. The number of aromatic nitrogens is 2. The second kappa shape index (κ2) is 12.0. The monoisotopic (exact) mass is 780 g/mol. The highest BCUT2D eigenvalue weighted by Gasteiger charge is 2.24. The zero-order valence-corrected chi connectivity index (χ0v) is 33.0. The van der Waals surface area contributed by atoms with Gasteiger partial charge in [-0.3, -0.25) is 0 Å². The van der Waals surface area contributed by atoms with E-state index in [0.717, 1.165) is 38.9 Å². The van der Waals surface area contributed by atoms with Crippen LogP contribution < -0.4 is 0 Å². The predicted octanol–water partition coefficient (Wildman–Crippen LogP) is 16.1. The normalized spacial score (nSPS) is 12.3. The van der Waals surface area contributed by atoms with Gasteiger partial charge in [0.1, 0.15) is 11.2 Å². The van der Waals surface area contributed by atoms with Gasteiger partial charge in [-0.2, -0.15) is 0 Å². The number of nitrogens with zero attached hydrogens (tertiary/aromatic N) is 2. The highest BCUT2D eigenvalue weighted by atomic mass is 32.1. The van der Waals surface area contributed by atoms with Gasteiger partial charge in [0.2, 0.25) is 0 Å². The van der Waals surface area contributed by atoms with Crippen molar-refractivity contribution in [2.24, 2.45) is 0 Å². The van der Waals surface area contributed by atoms with Crippen molar-refractivity contribution in [3.8, 4) is 22.5 Å². The molecule has 0 bridgehead atoms. The van der Waals surface area contributed by atoms with E-state index in [1.165, 1.54) is 90.9 Å². The Morgan fingerprint density at radius 3 is 1.90 bits per heavy atom. The van der Waals surface area contributed by atoms with Crippen LogP contribution in [0.2, 0.25) is 0 Å². The average molecular weight is 781 g/mol. The molecule has 0 atom stereocenters. The fourth-order valence-electron chi connectivity index (χ4n) is 10.4. The third kappa shape index (κ3) is 4.27. The SMILES string of the molecule is c1ccc(-n2c3ccc(-c4ccc5oc6cccc(-n7c8ccccc8c8c9ccccc9c9c%10ccccc%10sc9c87)c6c5c4)cc3c3c4ccccc4ccc32)cc1. The molecule has 14 rings (SSSR count). The molecule has 0 saturated heterocycles. The summed E-state index contributed by atoms with van der Waals surface area (Å²) in [4.78, 5) is 0. The lowest BCUT2D eigenvalue weighted by atomic mass is 9.98. The summed E-state index contributed by atoms with van der Waals surface area (Å²) in [5, 5.41) is 15.0. The molecular weight excluding hydrogens is 749 g/mol. The van der Waals surface area contributed by atoms with E-state index in [1.807, 2.05) is 11.3 Å². The molecule has 0 radical (unpaired) electrons. The van der Waals surface area contributed by atoms with Gasteiger partial charge < -0.3 is 13.6 Å². The molecule has 0 fully saturated rings. The van der Waals surface area contributed by atoms with E-state index in [9.17, 15) is 0 Å². The summed E-state index contributed by atoms with van der Waals surface area (Å²) in [6, 6.07) is 71.0. The van der Waals surface area contributed by atoms with Crippen LogP contribution in [0.25, 0.3) is 130 Å². The van der Waals surface area contributed by atoms with E-state index in [-0.39, 0.29) is 0 Å². The number of hydrogen-bond acceptors (Lipinski definition) is 2. The summed E-state index contributed by atoms with van der Waals surface area (Å²) < 4.78 is 14.3. The third-order valence-electron chi connectivity index (χ3n) is 12.9. The molecule has 0 aliphatic rings. The van der Waals surface area contributed by atoms with E-state index in [0.29, 0.717) is 0 Å². The molecule has 4 heteroatoms. The van der Waals surface area contributed by atoms with Crippen LogP contribution in [0.3, 0.4) is 0 Å². The van der Waals surface area contributed by atoms with Crippen LogP contribution in [0.4, 0.5) is 0 Å². The lowest BCUT2D eigenvalue weighted by molar-refractivity contribution is 0.669. The van der Waals surface area contributed by atoms with Crippen molar-refractivity contribution in [3.63, 3.8) is 0 Å². The topological polar surface area (TPSA) is 23.0 Å². The smallest absolute Gasteiger partial charge is 0.137 e. The lowest BCUT2D eigenvalue weighted by Crippen LogP contribution is -1.95. The molecule has 278 valence electrons. The van der Waals surface area contributed by atoms with Gasteiger partial charge in [-0.1, -0.05) is 127 Å². The Hall–Kier alpha value is -7.66. The Kier molecular flexibility index (Phi) is 6.44. The van der Waals surface area contributed by atoms with Crippen LogP contribution in [0.15, 0.2) is 199 Å². The highest BCUT2D eigenvalue weighted by molar-refractivity contribution is 7.27. The number of hydrogen-bond donors (Lipinski definition) is 0. The molecule has 4 heterocycles. The minimum Gasteiger partial charge on any atom is -0.456 e. The van der Waals surface area contributed by atoms with Crippen LogP contribution in [-0.2, 0) is 0 Å². The van der Waals surface area contributed by atoms with Crippen molar-refractivity contribution in [1.29, 1.82) is 0 Å². The largest absolute Gasteiger partial charge is 0.456 e. The number of para-hydroxylation sites is 2. The van der Waals surface area contributed by atoms with Crippen LogP contribution in [0, 0.1) is 0 Å². The van der Waals surface area contributed by atoms with Gasteiger partial charge >= 0.3 is 0 Å². The molecule has 0 aliphatic carbocycles. The van der Waals surface area contributed by atoms with Crippen molar-refractivity contribution >= 4 is 119 Å². The van der Waals surface area contributed by atoms with Gasteiger partial charge in [-0.05, 0) is 99.4 Å². The number of fused-ring (bicyclic) bond motifs is 18. The summed E-state index contributed by atoms with van der Waals surface area (Å²) in [7, 11) is 0. The van der Waals surface area contributed by atoms with E-state index in [1.54, 1.807) is 0 Å². The van der Waals surface area contributed by atoms with Crippen molar-refractivity contribution in [2.45, 2.75) is 0 Å². The summed E-state index contributed by atoms with van der Waals surface area (Å²) in [6.45, 7) is 0. The number of furan rings is 1. The predicted molar refractivity (Wildman–Crippen MR) is 256 cm³/mol. The first-order valence-corrected chi connectivity index (χ1v) is 21.3. The average Bonchev–Trinajstić information content (AvgIpc) is 4.07. The number of benzene rings is 10. The van der Waals surface area contributed by atoms with Crippen molar-refractivity contribution < 1.29 is 4.42 Å². The molecule has 0 amide bonds. The first kappa shape index (κ1) is 32.3. The summed E-state index contributed by atoms with van der Waals surface area (Å²) in [6.07, 6.45) is 0. The molecule has 3 nitrogen and oxygen atoms in total. The molecule has 60 heavy (non-hydrogen) atoms. The van der Waals surface area contributed by atoms with Gasteiger partial charge in [0.25, 0.3) is 0 Å². The van der Waals surface area contributed by atoms with Gasteiger partial charge in [0.05, 0.1) is 37.8 Å². The molecule has 0 saturated carbocycles. The fraction of sp³-hybridized carbons (Fsp3) is 0. The molecule has 0 unspecified atom stereocenters. The molecule has 4 aromatic heterocycles. The Balaban J connectivity index is 1.06. The third-order valence-corrected chi connectivity index (χ3v) is 14.0. The van der Waals surface area contributed by atoms with Gasteiger partial charge in [0, 0.05) is 48.1 Å². The van der Waals surface area contributed by atoms with Crippen LogP contribution in [0.1, 0.15) is 0 Å². The van der Waals surface area contributed by atoms with Gasteiger partial charge in [0.15, 0.2) is 0 Å². The minimum absolute atomic E-state index is 0.881. The maximum atomic E-state index is 6.73. The van der Waals surface area contributed by atoms with Gasteiger partial charge in [-0.25, -0.2) is 0 Å². The summed E-state index contributed by atoms with van der Waals surface area (Å²) in [5.74, 6) is 0. The van der Waals surface area contributed by atoms with Crippen molar-refractivity contribution in [3.05, 3.63) is 194 Å². The Morgan fingerprint density at radius 1 is 0.367 bits per heavy atom. The van der Waals surface area contributed by atoms with E-state index in [4.69, 9.17) is 4.42 Å². The number of rotatable bonds is 3. The Morgan fingerprint density at radius 2 is 1.03 bits per heavy atom. The second-order valence-electron chi connectivity index (χ2n) is 16.0. The molecule has 0 aliphatic heterocycles. The maximum absolute atomic E-state index is 6.73. The van der Waals surface area contributed by atoms with Crippen LogP contribution in [0.5, 0.6) is 0 Å². The molecule has 10 aromatic carbocycles. The van der Waals surface area contributed by atoms with Crippen molar-refractivity contribution in [2.75, 3.05) is 0 Å². The van der Waals surface area contributed by atoms with E-state index >= 15 is 0 Å². The standard InChI is InChI=1S/C56H32N2OS/c1-2-14-36(15-3-1)57-45-28-26-34(31-42(45)51-37-16-5-4-13-33(37)25-29-47(51)57)35-27-30-48-43(32-35)54-46(22-12-23-49(54)59-48)58-44-21-10-8-19-40(44)52-38-17-6-7-18-39(38)53-41-20-9-11-24-50(41)60-56(53)55(52)58/h1-32H. The zero-order chi connectivity index (χ0) is 39.1. The molecular formula is C56H32N2OS. The van der Waals surface area contributed by atoms with Crippen LogP contribution in [-0.4, -0.2) is 9.13 Å². The fourth-order valence-corrected chi connectivity index (χ4v) is 11.6. The summed E-state index contributed by atoms with van der Waals surface area (Å²) in [5.41, 5.74) is 11.2. The second-order valence-corrected chi connectivity index (χ2v) is 17.0. The number of thiophene rings is 1. The first-order chi connectivity index (χ1) is 29.8. The molecule has 14 aromatic rings. The summed E-state index contributed by atoms with van der Waals surface area (Å²) >= 11 is 1.90. The van der Waals surface area contributed by atoms with Crippen molar-refractivity contribution in [1.82, 2.24) is 9.13 Å². The Bertz CT molecular complexity index is 4120. The quantitative estimate of drug-likeness (QED) is 0.175. The highest BCUT2D eigenvalue weighted by Crippen LogP contribution is 2.49. The zero-order valence-electron chi connectivity index (χ0n) is 32.2. The lowest BCUT2D eigenvalue weighted by Gasteiger charge is -2.12.